The Bertz CT molecular complexity index is 415. The van der Waals surface area contributed by atoms with E-state index in [-0.39, 0.29) is 10.7 Å². The van der Waals surface area contributed by atoms with Crippen molar-refractivity contribution in [3.8, 4) is 0 Å². The van der Waals surface area contributed by atoms with Gasteiger partial charge in [0.15, 0.2) is 0 Å². The van der Waals surface area contributed by atoms with Gasteiger partial charge in [0.05, 0.1) is 12.2 Å². The zero-order valence-corrected chi connectivity index (χ0v) is 15.2. The molecule has 1 aromatic rings. The number of nitrogens with one attached hydrogen (secondary N) is 1. The predicted molar refractivity (Wildman–Crippen MR) is 88.4 cm³/mol. The van der Waals surface area contributed by atoms with Crippen molar-refractivity contribution in [3.63, 3.8) is 0 Å². The van der Waals surface area contributed by atoms with Gasteiger partial charge in [0.1, 0.15) is 0 Å². The van der Waals surface area contributed by atoms with Gasteiger partial charge in [-0.1, -0.05) is 15.9 Å². The van der Waals surface area contributed by atoms with E-state index in [4.69, 9.17) is 4.74 Å². The summed E-state index contributed by atoms with van der Waals surface area (Å²) in [6, 6.07) is 5.70. The third kappa shape index (κ3) is 5.54. The summed E-state index contributed by atoms with van der Waals surface area (Å²) in [5, 5.41) is 2.90. The summed E-state index contributed by atoms with van der Waals surface area (Å²) in [4.78, 5) is 12.2. The Morgan fingerprint density at radius 3 is 2.94 bits per heavy atom. The number of rotatable bonds is 6. The Labute approximate surface area is 137 Å². The largest absolute Gasteiger partial charge is 0.384 e. The Morgan fingerprint density at radius 2 is 2.28 bits per heavy atom. The number of methoxy groups -OCH3 is 1. The highest BCUT2D eigenvalue weighted by atomic mass is 127. The van der Waals surface area contributed by atoms with E-state index in [1.54, 1.807) is 7.11 Å². The van der Waals surface area contributed by atoms with Crippen molar-refractivity contribution in [1.29, 1.82) is 0 Å². The molecule has 1 N–H and O–H groups in total. The molecule has 0 aromatic heterocycles. The molecule has 1 amide bonds. The molecule has 100 valence electrons. The summed E-state index contributed by atoms with van der Waals surface area (Å²) < 4.78 is 6.87. The number of amides is 1. The second kappa shape index (κ2) is 8.50. The fraction of sp³-hybridized carbons (Fsp3) is 0.417. The van der Waals surface area contributed by atoms with Crippen molar-refractivity contribution in [1.82, 2.24) is 5.32 Å². The van der Waals surface area contributed by atoms with Crippen LogP contribution in [0.1, 0.15) is 16.8 Å². The summed E-state index contributed by atoms with van der Waals surface area (Å²) >= 11 is 9.06. The summed E-state index contributed by atoms with van der Waals surface area (Å²) in [5.74, 6) is -0.0579. The van der Waals surface area contributed by atoms with Crippen molar-refractivity contribution < 1.29 is 9.53 Å². The number of benzene rings is 1. The quantitative estimate of drug-likeness (QED) is 0.489. The summed E-state index contributed by atoms with van der Waals surface area (Å²) in [5.41, 5.74) is 0.666. The van der Waals surface area contributed by atoms with Crippen LogP contribution in [0, 0.1) is 3.57 Å². The van der Waals surface area contributed by atoms with Crippen LogP contribution in [0.2, 0.25) is 0 Å². The van der Waals surface area contributed by atoms with Crippen molar-refractivity contribution in [2.45, 2.75) is 11.2 Å². The minimum absolute atomic E-state index is 0.0579. The van der Waals surface area contributed by atoms with Gasteiger partial charge in [-0.3, -0.25) is 4.79 Å². The lowest BCUT2D eigenvalue weighted by molar-refractivity contribution is 0.0951. The highest BCUT2D eigenvalue weighted by molar-refractivity contribution is 14.1. The monoisotopic (exact) mass is 489 g/mol. The average Bonchev–Trinajstić information content (AvgIpc) is 2.32. The normalized spacial score (nSPS) is 12.2. The molecule has 0 aliphatic carbocycles. The van der Waals surface area contributed by atoms with E-state index in [1.807, 2.05) is 18.2 Å². The van der Waals surface area contributed by atoms with Gasteiger partial charge in [0.2, 0.25) is 0 Å². The van der Waals surface area contributed by atoms with E-state index >= 15 is 0 Å². The van der Waals surface area contributed by atoms with Crippen LogP contribution in [0.15, 0.2) is 22.7 Å². The van der Waals surface area contributed by atoms with Crippen LogP contribution in [0.5, 0.6) is 0 Å². The Kier molecular flexibility index (Phi) is 7.74. The molecule has 6 heteroatoms. The number of hydrogen-bond donors (Lipinski definition) is 1. The third-order valence-corrected chi connectivity index (χ3v) is 4.35. The van der Waals surface area contributed by atoms with Gasteiger partial charge < -0.3 is 10.1 Å². The first-order valence-electron chi connectivity index (χ1n) is 5.41. The standard InChI is InChI=1S/C12H14Br2INO2/c1-18-7-8(13)4-5-16-12(17)10-6-9(15)2-3-11(10)14/h2-3,6,8H,4-5,7H2,1H3,(H,16,17). The molecular weight excluding hydrogens is 477 g/mol. The molecule has 0 saturated heterocycles. The molecule has 0 spiro atoms. The second-order valence-corrected chi connectivity index (χ2v) is 7.12. The molecule has 0 aliphatic rings. The first-order chi connectivity index (χ1) is 8.54. The Morgan fingerprint density at radius 1 is 1.56 bits per heavy atom. The van der Waals surface area contributed by atoms with Crippen molar-refractivity contribution in [3.05, 3.63) is 31.8 Å². The van der Waals surface area contributed by atoms with Gasteiger partial charge in [0, 0.05) is 26.5 Å². The number of hydrogen-bond acceptors (Lipinski definition) is 2. The van der Waals surface area contributed by atoms with E-state index in [1.165, 1.54) is 0 Å². The van der Waals surface area contributed by atoms with Crippen LogP contribution in [0.25, 0.3) is 0 Å². The van der Waals surface area contributed by atoms with Crippen LogP contribution in [-0.4, -0.2) is 31.0 Å². The fourth-order valence-electron chi connectivity index (χ4n) is 1.37. The van der Waals surface area contributed by atoms with Crippen molar-refractivity contribution in [2.24, 2.45) is 0 Å². The summed E-state index contributed by atoms with van der Waals surface area (Å²) in [6.07, 6.45) is 0.834. The molecule has 1 atom stereocenters. The van der Waals surface area contributed by atoms with Crippen LogP contribution in [0.3, 0.4) is 0 Å². The molecule has 1 unspecified atom stereocenters. The molecule has 0 aliphatic heterocycles. The zero-order chi connectivity index (χ0) is 13.5. The van der Waals surface area contributed by atoms with Crippen LogP contribution >= 0.6 is 54.5 Å². The Balaban J connectivity index is 2.48. The molecule has 18 heavy (non-hydrogen) atoms. The third-order valence-electron chi connectivity index (χ3n) is 2.26. The van der Waals surface area contributed by atoms with E-state index in [0.29, 0.717) is 18.7 Å². The molecule has 1 aromatic carbocycles. The maximum atomic E-state index is 12.0. The van der Waals surface area contributed by atoms with Crippen LogP contribution < -0.4 is 5.32 Å². The lowest BCUT2D eigenvalue weighted by Crippen LogP contribution is -2.27. The first-order valence-corrected chi connectivity index (χ1v) is 8.19. The maximum absolute atomic E-state index is 12.0. The molecule has 1 rings (SSSR count). The van der Waals surface area contributed by atoms with E-state index in [9.17, 15) is 4.79 Å². The fourth-order valence-corrected chi connectivity index (χ4v) is 2.78. The highest BCUT2D eigenvalue weighted by Crippen LogP contribution is 2.19. The molecule has 0 heterocycles. The topological polar surface area (TPSA) is 38.3 Å². The van der Waals surface area contributed by atoms with Gasteiger partial charge in [-0.25, -0.2) is 0 Å². The summed E-state index contributed by atoms with van der Waals surface area (Å²) in [6.45, 7) is 1.26. The molecule has 0 radical (unpaired) electrons. The predicted octanol–water partition coefficient (Wildman–Crippen LogP) is 3.58. The van der Waals surface area contributed by atoms with Gasteiger partial charge >= 0.3 is 0 Å². The van der Waals surface area contributed by atoms with Gasteiger partial charge in [-0.15, -0.1) is 0 Å². The Hall–Kier alpha value is 0.340. The second-order valence-electron chi connectivity index (χ2n) is 3.72. The van der Waals surface area contributed by atoms with Gasteiger partial charge in [-0.2, -0.15) is 0 Å². The number of alkyl halides is 1. The van der Waals surface area contributed by atoms with Crippen molar-refractivity contribution in [2.75, 3.05) is 20.3 Å². The number of carbonyl (C=O) groups is 1. The smallest absolute Gasteiger partial charge is 0.252 e. The van der Waals surface area contributed by atoms with E-state index in [0.717, 1.165) is 14.5 Å². The van der Waals surface area contributed by atoms with Crippen molar-refractivity contribution >= 4 is 60.4 Å². The van der Waals surface area contributed by atoms with E-state index in [2.05, 4.69) is 59.8 Å². The molecule has 0 saturated carbocycles. The van der Waals surface area contributed by atoms with Crippen LogP contribution in [0.4, 0.5) is 0 Å². The molecule has 3 nitrogen and oxygen atoms in total. The minimum atomic E-state index is -0.0579. The number of halogens is 3. The zero-order valence-electron chi connectivity index (χ0n) is 9.88. The minimum Gasteiger partial charge on any atom is -0.384 e. The molecule has 0 fully saturated rings. The van der Waals surface area contributed by atoms with Gasteiger partial charge in [-0.05, 0) is 63.1 Å². The lowest BCUT2D eigenvalue weighted by atomic mass is 10.2. The number of ether oxygens (including phenoxy) is 1. The van der Waals surface area contributed by atoms with Crippen LogP contribution in [-0.2, 0) is 4.74 Å². The summed E-state index contributed by atoms with van der Waals surface area (Å²) in [7, 11) is 1.66. The average molecular weight is 491 g/mol. The molecule has 0 bridgehead atoms. The number of carbonyl (C=O) groups excluding carboxylic acids is 1. The maximum Gasteiger partial charge on any atom is 0.252 e. The first kappa shape index (κ1) is 16.4. The SMILES string of the molecule is COCC(Br)CCNC(=O)c1cc(I)ccc1Br. The van der Waals surface area contributed by atoms with Gasteiger partial charge in [0.25, 0.3) is 5.91 Å². The highest BCUT2D eigenvalue weighted by Gasteiger charge is 2.11. The lowest BCUT2D eigenvalue weighted by Gasteiger charge is -2.10. The molecular formula is C12H14Br2INO2. The van der Waals surface area contributed by atoms with E-state index < -0.39 is 0 Å².